The molecule has 4 nitrogen and oxygen atoms in total. The first-order valence-corrected chi connectivity index (χ1v) is 5.40. The van der Waals surface area contributed by atoms with Gasteiger partial charge in [0, 0.05) is 12.1 Å². The van der Waals surface area contributed by atoms with Crippen molar-refractivity contribution in [3.8, 4) is 5.75 Å². The number of carboxylic acids is 1. The summed E-state index contributed by atoms with van der Waals surface area (Å²) in [6, 6.07) is 7.27. The van der Waals surface area contributed by atoms with Crippen LogP contribution in [0.2, 0.25) is 0 Å². The van der Waals surface area contributed by atoms with Crippen molar-refractivity contribution in [1.29, 1.82) is 0 Å². The number of fused-ring (bicyclic) bond motifs is 1. The number of carbonyl (C=O) groups is 1. The first-order chi connectivity index (χ1) is 7.72. The van der Waals surface area contributed by atoms with Crippen molar-refractivity contribution in [2.75, 3.05) is 6.73 Å². The Bertz CT molecular complexity index is 392. The molecule has 0 aromatic heterocycles. The average molecular weight is 221 g/mol. The fraction of sp³-hybridized carbons (Fsp3) is 0.417. The third-order valence-corrected chi connectivity index (χ3v) is 2.84. The van der Waals surface area contributed by atoms with Crippen molar-refractivity contribution in [3.05, 3.63) is 29.8 Å². The zero-order valence-electron chi connectivity index (χ0n) is 9.22. The van der Waals surface area contributed by atoms with Gasteiger partial charge in [0.2, 0.25) is 0 Å². The van der Waals surface area contributed by atoms with Crippen LogP contribution in [0, 0.1) is 0 Å². The van der Waals surface area contributed by atoms with Crippen molar-refractivity contribution in [2.45, 2.75) is 25.9 Å². The van der Waals surface area contributed by atoms with E-state index in [0.717, 1.165) is 11.3 Å². The quantitative estimate of drug-likeness (QED) is 0.844. The number of hydrogen-bond donors (Lipinski definition) is 1. The van der Waals surface area contributed by atoms with E-state index < -0.39 is 12.0 Å². The minimum atomic E-state index is -0.787. The van der Waals surface area contributed by atoms with Gasteiger partial charge in [0.25, 0.3) is 0 Å². The van der Waals surface area contributed by atoms with Gasteiger partial charge >= 0.3 is 5.97 Å². The molecular weight excluding hydrogens is 206 g/mol. The van der Waals surface area contributed by atoms with Gasteiger partial charge in [-0.15, -0.1) is 0 Å². The first kappa shape index (κ1) is 11.0. The molecule has 0 spiro atoms. The van der Waals surface area contributed by atoms with Gasteiger partial charge in [-0.05, 0) is 12.5 Å². The molecule has 86 valence electrons. The maximum atomic E-state index is 11.0. The molecule has 0 amide bonds. The van der Waals surface area contributed by atoms with Crippen molar-refractivity contribution >= 4 is 5.97 Å². The van der Waals surface area contributed by atoms with Crippen LogP contribution in [0.3, 0.4) is 0 Å². The van der Waals surface area contributed by atoms with Crippen LogP contribution in [0.25, 0.3) is 0 Å². The molecule has 0 fully saturated rings. The highest BCUT2D eigenvalue weighted by Crippen LogP contribution is 2.25. The summed E-state index contributed by atoms with van der Waals surface area (Å²) in [6.07, 6.45) is 0.584. The summed E-state index contributed by atoms with van der Waals surface area (Å²) in [5.41, 5.74) is 1.05. The smallest absolute Gasteiger partial charge is 0.321 e. The summed E-state index contributed by atoms with van der Waals surface area (Å²) >= 11 is 0. The fourth-order valence-corrected chi connectivity index (χ4v) is 1.98. The largest absolute Gasteiger partial charge is 0.480 e. The SMILES string of the molecule is CCC(C(=O)O)N1COc2ccccc2C1. The molecule has 1 atom stereocenters. The number of hydrogen-bond acceptors (Lipinski definition) is 3. The lowest BCUT2D eigenvalue weighted by atomic mass is 10.1. The molecule has 4 heteroatoms. The molecule has 0 saturated carbocycles. The van der Waals surface area contributed by atoms with E-state index in [2.05, 4.69) is 0 Å². The van der Waals surface area contributed by atoms with Gasteiger partial charge in [0.1, 0.15) is 18.5 Å². The molecule has 0 aliphatic carbocycles. The number of ether oxygens (including phenoxy) is 1. The van der Waals surface area contributed by atoms with E-state index in [-0.39, 0.29) is 0 Å². The van der Waals surface area contributed by atoms with Crippen LogP contribution >= 0.6 is 0 Å². The van der Waals surface area contributed by atoms with Crippen LogP contribution in [0.15, 0.2) is 24.3 Å². The van der Waals surface area contributed by atoms with Crippen molar-refractivity contribution in [3.63, 3.8) is 0 Å². The van der Waals surface area contributed by atoms with Crippen molar-refractivity contribution in [2.24, 2.45) is 0 Å². The van der Waals surface area contributed by atoms with Gasteiger partial charge < -0.3 is 9.84 Å². The second-order valence-corrected chi connectivity index (χ2v) is 3.89. The summed E-state index contributed by atoms with van der Waals surface area (Å²) < 4.78 is 5.53. The third kappa shape index (κ3) is 2.02. The van der Waals surface area contributed by atoms with Crippen molar-refractivity contribution < 1.29 is 14.6 Å². The number of para-hydroxylation sites is 1. The topological polar surface area (TPSA) is 49.8 Å². The molecule has 1 aliphatic rings. The highest BCUT2D eigenvalue weighted by molar-refractivity contribution is 5.73. The van der Waals surface area contributed by atoms with Crippen LogP contribution in [0.1, 0.15) is 18.9 Å². The number of benzene rings is 1. The Balaban J connectivity index is 2.15. The van der Waals surface area contributed by atoms with Gasteiger partial charge in [-0.1, -0.05) is 25.1 Å². The molecule has 2 rings (SSSR count). The van der Waals surface area contributed by atoms with Gasteiger partial charge in [-0.25, -0.2) is 0 Å². The Kier molecular flexibility index (Phi) is 3.10. The molecular formula is C12H15NO3. The van der Waals surface area contributed by atoms with E-state index in [1.165, 1.54) is 0 Å². The second kappa shape index (κ2) is 4.53. The lowest BCUT2D eigenvalue weighted by Crippen LogP contribution is -2.44. The van der Waals surface area contributed by atoms with E-state index in [9.17, 15) is 4.79 Å². The Morgan fingerprint density at radius 3 is 3.00 bits per heavy atom. The van der Waals surface area contributed by atoms with Crippen LogP contribution in [0.4, 0.5) is 0 Å². The van der Waals surface area contributed by atoms with Gasteiger partial charge in [0.15, 0.2) is 0 Å². The van der Waals surface area contributed by atoms with Gasteiger partial charge in [-0.2, -0.15) is 0 Å². The molecule has 0 radical (unpaired) electrons. The summed E-state index contributed by atoms with van der Waals surface area (Å²) in [6.45, 7) is 2.86. The van der Waals surface area contributed by atoms with E-state index in [1.807, 2.05) is 36.1 Å². The van der Waals surface area contributed by atoms with E-state index >= 15 is 0 Å². The summed E-state index contributed by atoms with van der Waals surface area (Å²) in [4.78, 5) is 12.9. The van der Waals surface area contributed by atoms with Crippen molar-refractivity contribution in [1.82, 2.24) is 4.90 Å². The highest BCUT2D eigenvalue weighted by Gasteiger charge is 2.27. The summed E-state index contributed by atoms with van der Waals surface area (Å²) in [5.74, 6) is 0.0736. The monoisotopic (exact) mass is 221 g/mol. The maximum absolute atomic E-state index is 11.0. The lowest BCUT2D eigenvalue weighted by Gasteiger charge is -2.32. The standard InChI is InChI=1S/C12H15NO3/c1-2-10(12(14)15)13-7-9-5-3-4-6-11(9)16-8-13/h3-6,10H,2,7-8H2,1H3,(H,14,15). The zero-order valence-corrected chi connectivity index (χ0v) is 9.22. The third-order valence-electron chi connectivity index (χ3n) is 2.84. The maximum Gasteiger partial charge on any atom is 0.321 e. The normalized spacial score (nSPS) is 17.3. The second-order valence-electron chi connectivity index (χ2n) is 3.89. The summed E-state index contributed by atoms with van der Waals surface area (Å²) in [5, 5.41) is 9.08. The van der Waals surface area contributed by atoms with E-state index in [4.69, 9.17) is 9.84 Å². The number of nitrogens with zero attached hydrogens (tertiary/aromatic N) is 1. The molecule has 1 N–H and O–H groups in total. The minimum Gasteiger partial charge on any atom is -0.480 e. The fourth-order valence-electron chi connectivity index (χ4n) is 1.98. The molecule has 1 unspecified atom stereocenters. The van der Waals surface area contributed by atoms with Crippen LogP contribution in [-0.2, 0) is 11.3 Å². The number of rotatable bonds is 3. The highest BCUT2D eigenvalue weighted by atomic mass is 16.5. The molecule has 16 heavy (non-hydrogen) atoms. The molecule has 1 aromatic carbocycles. The molecule has 0 bridgehead atoms. The first-order valence-electron chi connectivity index (χ1n) is 5.40. The Labute approximate surface area is 94.4 Å². The lowest BCUT2D eigenvalue weighted by molar-refractivity contribution is -0.145. The predicted molar refractivity (Wildman–Crippen MR) is 59.2 cm³/mol. The van der Waals surface area contributed by atoms with Crippen LogP contribution < -0.4 is 4.74 Å². The summed E-state index contributed by atoms with van der Waals surface area (Å²) in [7, 11) is 0. The van der Waals surface area contributed by atoms with Gasteiger partial charge in [0.05, 0.1) is 0 Å². The molecule has 1 aliphatic heterocycles. The Morgan fingerprint density at radius 1 is 1.56 bits per heavy atom. The van der Waals surface area contributed by atoms with Gasteiger partial charge in [-0.3, -0.25) is 9.69 Å². The van der Waals surface area contributed by atoms with Crippen LogP contribution in [-0.4, -0.2) is 28.7 Å². The number of carboxylic acid groups (broad SMARTS) is 1. The molecule has 0 saturated heterocycles. The Hall–Kier alpha value is -1.55. The molecule has 1 heterocycles. The van der Waals surface area contributed by atoms with Crippen LogP contribution in [0.5, 0.6) is 5.75 Å². The average Bonchev–Trinajstić information content (AvgIpc) is 2.29. The minimum absolute atomic E-state index is 0.349. The Morgan fingerprint density at radius 2 is 2.31 bits per heavy atom. The molecule has 1 aromatic rings. The number of aliphatic carboxylic acids is 1. The zero-order chi connectivity index (χ0) is 11.5. The van der Waals surface area contributed by atoms with E-state index in [1.54, 1.807) is 0 Å². The predicted octanol–water partition coefficient (Wildman–Crippen LogP) is 1.70. The van der Waals surface area contributed by atoms with E-state index in [0.29, 0.717) is 19.7 Å².